The molecular formula is C15H15NO5. The molecule has 2 aromatic rings. The third kappa shape index (κ3) is 3.56. The Morgan fingerprint density at radius 2 is 1.76 bits per heavy atom. The van der Waals surface area contributed by atoms with Gasteiger partial charge in [-0.15, -0.1) is 0 Å². The number of hydrogen-bond donors (Lipinski definition) is 3. The fourth-order valence-corrected chi connectivity index (χ4v) is 1.83. The molecule has 0 aliphatic heterocycles. The Morgan fingerprint density at radius 1 is 1.05 bits per heavy atom. The lowest BCUT2D eigenvalue weighted by molar-refractivity contribution is -0.469. The molecule has 2 aromatic carbocycles. The van der Waals surface area contributed by atoms with Crippen LogP contribution in [0, 0.1) is 5.21 Å². The molecule has 0 saturated heterocycles. The standard InChI is InChI=1S/C15H15NO5/c1-21-15-7-11(3-5-13(15)18)9-16(20)8-10-2-4-12(17)14(19)6-10/h2-7,9,17-19H,8H2,1H3/b16-9-. The van der Waals surface area contributed by atoms with Gasteiger partial charge in [0.1, 0.15) is 0 Å². The Kier molecular flexibility index (Phi) is 4.18. The van der Waals surface area contributed by atoms with Crippen LogP contribution in [0.25, 0.3) is 0 Å². The van der Waals surface area contributed by atoms with Crippen LogP contribution in [-0.4, -0.2) is 33.4 Å². The lowest BCUT2D eigenvalue weighted by Crippen LogP contribution is -2.05. The number of phenolic OH excluding ortho intramolecular Hbond substituents is 3. The number of rotatable bonds is 4. The first-order valence-corrected chi connectivity index (χ1v) is 6.16. The summed E-state index contributed by atoms with van der Waals surface area (Å²) >= 11 is 0. The molecule has 0 bridgehead atoms. The van der Waals surface area contributed by atoms with E-state index in [0.29, 0.717) is 15.9 Å². The summed E-state index contributed by atoms with van der Waals surface area (Å²) in [6.45, 7) is 0.0109. The van der Waals surface area contributed by atoms with Gasteiger partial charge in [-0.05, 0) is 36.4 Å². The average Bonchev–Trinajstić information content (AvgIpc) is 2.45. The van der Waals surface area contributed by atoms with Gasteiger partial charge in [-0.25, -0.2) is 4.74 Å². The lowest BCUT2D eigenvalue weighted by atomic mass is 10.2. The van der Waals surface area contributed by atoms with Crippen LogP contribution in [0.1, 0.15) is 11.1 Å². The molecule has 0 spiro atoms. The van der Waals surface area contributed by atoms with Crippen molar-refractivity contribution in [1.29, 1.82) is 0 Å². The highest BCUT2D eigenvalue weighted by Gasteiger charge is 2.06. The van der Waals surface area contributed by atoms with Gasteiger partial charge < -0.3 is 25.3 Å². The van der Waals surface area contributed by atoms with Crippen molar-refractivity contribution in [2.45, 2.75) is 6.54 Å². The van der Waals surface area contributed by atoms with E-state index in [-0.39, 0.29) is 29.5 Å². The summed E-state index contributed by atoms with van der Waals surface area (Å²) in [7, 11) is 1.42. The second-order valence-corrected chi connectivity index (χ2v) is 4.46. The minimum absolute atomic E-state index is 0.00411. The Morgan fingerprint density at radius 3 is 2.43 bits per heavy atom. The first kappa shape index (κ1) is 14.5. The van der Waals surface area contributed by atoms with E-state index in [1.807, 2.05) is 0 Å². The number of benzene rings is 2. The van der Waals surface area contributed by atoms with E-state index >= 15 is 0 Å². The van der Waals surface area contributed by atoms with Crippen molar-refractivity contribution in [2.24, 2.45) is 0 Å². The number of hydrogen-bond acceptors (Lipinski definition) is 5. The highest BCUT2D eigenvalue weighted by molar-refractivity contribution is 5.77. The zero-order chi connectivity index (χ0) is 15.4. The van der Waals surface area contributed by atoms with E-state index < -0.39 is 0 Å². The number of hydroxylamine groups is 1. The Hall–Kier alpha value is -2.89. The third-order valence-electron chi connectivity index (χ3n) is 2.88. The molecule has 0 unspecified atom stereocenters. The van der Waals surface area contributed by atoms with Crippen LogP contribution in [0.15, 0.2) is 36.4 Å². The second kappa shape index (κ2) is 6.04. The highest BCUT2D eigenvalue weighted by Crippen LogP contribution is 2.26. The van der Waals surface area contributed by atoms with Crippen LogP contribution >= 0.6 is 0 Å². The summed E-state index contributed by atoms with van der Waals surface area (Å²) in [5.74, 6) is -0.231. The highest BCUT2D eigenvalue weighted by atomic mass is 16.5. The SMILES string of the molecule is COc1cc(/C=[N+](\[O-])Cc2ccc(O)c(O)c2)ccc1O. The molecule has 0 aromatic heterocycles. The van der Waals surface area contributed by atoms with Gasteiger partial charge in [-0.1, -0.05) is 0 Å². The van der Waals surface area contributed by atoms with Crippen molar-refractivity contribution in [2.75, 3.05) is 7.11 Å². The van der Waals surface area contributed by atoms with E-state index in [2.05, 4.69) is 0 Å². The predicted octanol–water partition coefficient (Wildman–Crippen LogP) is 1.94. The van der Waals surface area contributed by atoms with Gasteiger partial charge in [0.2, 0.25) is 0 Å². The molecule has 0 aliphatic rings. The van der Waals surface area contributed by atoms with Crippen molar-refractivity contribution in [1.82, 2.24) is 0 Å². The fourth-order valence-electron chi connectivity index (χ4n) is 1.83. The lowest BCUT2D eigenvalue weighted by Gasteiger charge is -2.07. The maximum atomic E-state index is 11.9. The number of phenols is 3. The normalized spacial score (nSPS) is 11.4. The average molecular weight is 289 g/mol. The molecule has 2 rings (SSSR count). The molecule has 0 atom stereocenters. The maximum Gasteiger partial charge on any atom is 0.182 e. The summed E-state index contributed by atoms with van der Waals surface area (Å²) in [4.78, 5) is 0. The van der Waals surface area contributed by atoms with Crippen molar-refractivity contribution in [3.8, 4) is 23.0 Å². The van der Waals surface area contributed by atoms with E-state index in [1.54, 1.807) is 12.1 Å². The van der Waals surface area contributed by atoms with Crippen LogP contribution in [0.2, 0.25) is 0 Å². The molecule has 0 aliphatic carbocycles. The van der Waals surface area contributed by atoms with Crippen molar-refractivity contribution in [3.05, 3.63) is 52.7 Å². The molecule has 6 nitrogen and oxygen atoms in total. The summed E-state index contributed by atoms with van der Waals surface area (Å²) in [6, 6.07) is 8.75. The number of aromatic hydroxyl groups is 3. The van der Waals surface area contributed by atoms with Gasteiger partial charge in [0.05, 0.1) is 7.11 Å². The minimum atomic E-state index is -0.271. The number of methoxy groups -OCH3 is 1. The van der Waals surface area contributed by atoms with Crippen LogP contribution < -0.4 is 4.74 Å². The van der Waals surface area contributed by atoms with Crippen molar-refractivity contribution >= 4 is 6.21 Å². The Balaban J connectivity index is 2.19. The first-order chi connectivity index (χ1) is 9.99. The van der Waals surface area contributed by atoms with Gasteiger partial charge in [0, 0.05) is 11.1 Å². The largest absolute Gasteiger partial charge is 0.624 e. The zero-order valence-electron chi connectivity index (χ0n) is 11.4. The quantitative estimate of drug-likeness (QED) is 0.263. The summed E-state index contributed by atoms with van der Waals surface area (Å²) < 4.78 is 5.64. The molecule has 110 valence electrons. The first-order valence-electron chi connectivity index (χ1n) is 6.16. The Bertz CT molecular complexity index is 682. The number of ether oxygens (including phenoxy) is 1. The van der Waals surface area contributed by atoms with E-state index in [0.717, 1.165) is 0 Å². The predicted molar refractivity (Wildman–Crippen MR) is 76.9 cm³/mol. The molecular weight excluding hydrogens is 274 g/mol. The van der Waals surface area contributed by atoms with Gasteiger partial charge in [0.15, 0.2) is 35.8 Å². The Labute approximate surface area is 121 Å². The van der Waals surface area contributed by atoms with E-state index in [4.69, 9.17) is 4.74 Å². The van der Waals surface area contributed by atoms with Gasteiger partial charge >= 0.3 is 0 Å². The van der Waals surface area contributed by atoms with Crippen LogP contribution in [0.5, 0.6) is 23.0 Å². The van der Waals surface area contributed by atoms with Crippen LogP contribution in [0.4, 0.5) is 0 Å². The molecule has 0 radical (unpaired) electrons. The second-order valence-electron chi connectivity index (χ2n) is 4.46. The van der Waals surface area contributed by atoms with Crippen LogP contribution in [0.3, 0.4) is 0 Å². The van der Waals surface area contributed by atoms with E-state index in [1.165, 1.54) is 37.6 Å². The van der Waals surface area contributed by atoms with Gasteiger partial charge in [0.25, 0.3) is 0 Å². The van der Waals surface area contributed by atoms with E-state index in [9.17, 15) is 20.5 Å². The van der Waals surface area contributed by atoms with Gasteiger partial charge in [-0.3, -0.25) is 0 Å². The van der Waals surface area contributed by atoms with Crippen molar-refractivity contribution < 1.29 is 24.8 Å². The van der Waals surface area contributed by atoms with Gasteiger partial charge in [-0.2, -0.15) is 0 Å². The molecule has 21 heavy (non-hydrogen) atoms. The molecule has 0 amide bonds. The smallest absolute Gasteiger partial charge is 0.182 e. The van der Waals surface area contributed by atoms with Crippen LogP contribution in [-0.2, 0) is 6.54 Å². The summed E-state index contributed by atoms with van der Waals surface area (Å²) in [5, 5.41) is 39.9. The monoisotopic (exact) mass is 289 g/mol. The zero-order valence-corrected chi connectivity index (χ0v) is 11.4. The molecule has 0 heterocycles. The third-order valence-corrected chi connectivity index (χ3v) is 2.88. The molecule has 3 N–H and O–H groups in total. The summed E-state index contributed by atoms with van der Waals surface area (Å²) in [5.41, 5.74) is 1.13. The topological polar surface area (TPSA) is 96.0 Å². The summed E-state index contributed by atoms with van der Waals surface area (Å²) in [6.07, 6.45) is 1.34. The fraction of sp³-hybridized carbons (Fsp3) is 0.133. The molecule has 0 fully saturated rings. The maximum absolute atomic E-state index is 11.9. The minimum Gasteiger partial charge on any atom is -0.624 e. The van der Waals surface area contributed by atoms with Crippen molar-refractivity contribution in [3.63, 3.8) is 0 Å². The molecule has 6 heteroatoms. The number of nitrogens with zero attached hydrogens (tertiary/aromatic N) is 1. The molecule has 0 saturated carbocycles.